The van der Waals surface area contributed by atoms with Crippen molar-refractivity contribution in [1.29, 1.82) is 0 Å². The third-order valence-electron chi connectivity index (χ3n) is 6.59. The van der Waals surface area contributed by atoms with Gasteiger partial charge in [-0.1, -0.05) is 49.6 Å². The number of para-hydroxylation sites is 1. The quantitative estimate of drug-likeness (QED) is 0.544. The summed E-state index contributed by atoms with van der Waals surface area (Å²) < 4.78 is 14.2. The van der Waals surface area contributed by atoms with Crippen molar-refractivity contribution >= 4 is 23.2 Å². The topological polar surface area (TPSA) is 53.5 Å². The van der Waals surface area contributed by atoms with Gasteiger partial charge in [-0.25, -0.2) is 4.39 Å². The molecule has 0 radical (unpaired) electrons. The summed E-state index contributed by atoms with van der Waals surface area (Å²) in [4.78, 5) is 35.1. The van der Waals surface area contributed by atoms with E-state index < -0.39 is 11.9 Å². The third-order valence-corrected chi connectivity index (χ3v) is 6.59. The summed E-state index contributed by atoms with van der Waals surface area (Å²) in [7, 11) is 0. The van der Waals surface area contributed by atoms with Gasteiger partial charge in [-0.3, -0.25) is 19.5 Å². The van der Waals surface area contributed by atoms with Gasteiger partial charge in [0.2, 0.25) is 5.91 Å². The van der Waals surface area contributed by atoms with Crippen LogP contribution in [0.25, 0.3) is 0 Å². The molecule has 0 spiro atoms. The molecule has 2 aliphatic rings. The number of rotatable bonds is 5. The van der Waals surface area contributed by atoms with E-state index in [0.717, 1.165) is 42.5 Å². The number of hydrogen-bond acceptors (Lipinski definition) is 3. The molecule has 1 aliphatic heterocycles. The van der Waals surface area contributed by atoms with Crippen molar-refractivity contribution in [3.8, 4) is 0 Å². The summed E-state index contributed by atoms with van der Waals surface area (Å²) in [5, 5.41) is 0. The van der Waals surface area contributed by atoms with Crippen LogP contribution in [-0.2, 0) is 16.0 Å². The molecule has 5 nitrogen and oxygen atoms in total. The predicted molar refractivity (Wildman–Crippen MR) is 125 cm³/mol. The first-order valence-corrected chi connectivity index (χ1v) is 11.5. The molecular weight excluding hydrogens is 417 g/mol. The first-order valence-electron chi connectivity index (χ1n) is 11.5. The van der Waals surface area contributed by atoms with Gasteiger partial charge in [0.05, 0.1) is 6.42 Å². The van der Waals surface area contributed by atoms with Crippen molar-refractivity contribution in [3.05, 3.63) is 90.0 Å². The van der Waals surface area contributed by atoms with E-state index in [1.54, 1.807) is 30.6 Å². The van der Waals surface area contributed by atoms with Crippen molar-refractivity contribution in [2.45, 2.75) is 50.6 Å². The summed E-state index contributed by atoms with van der Waals surface area (Å²) in [5.41, 5.74) is 2.76. The first kappa shape index (κ1) is 21.3. The molecule has 33 heavy (non-hydrogen) atoms. The molecule has 0 saturated heterocycles. The molecule has 0 bridgehead atoms. The number of pyridine rings is 1. The lowest BCUT2D eigenvalue weighted by molar-refractivity contribution is -0.124. The molecule has 2 heterocycles. The van der Waals surface area contributed by atoms with Crippen LogP contribution in [0.5, 0.6) is 0 Å². The summed E-state index contributed by atoms with van der Waals surface area (Å²) in [5.74, 6) is -0.839. The van der Waals surface area contributed by atoms with Crippen LogP contribution in [0.3, 0.4) is 0 Å². The molecule has 1 saturated carbocycles. The van der Waals surface area contributed by atoms with Gasteiger partial charge in [0.1, 0.15) is 11.9 Å². The van der Waals surface area contributed by atoms with Gasteiger partial charge < -0.3 is 4.90 Å². The number of fused-ring (bicyclic) bond motifs is 1. The van der Waals surface area contributed by atoms with E-state index in [4.69, 9.17) is 0 Å². The Hall–Kier alpha value is -3.54. The second kappa shape index (κ2) is 9.14. The SMILES string of the molecule is O=C1C(N(C(=O)Cc2cccnc2)c2cccc(F)c2)c2ccccc2N1C1CCCCC1. The van der Waals surface area contributed by atoms with E-state index in [0.29, 0.717) is 5.69 Å². The Bertz CT molecular complexity index is 1160. The Labute approximate surface area is 192 Å². The lowest BCUT2D eigenvalue weighted by Gasteiger charge is -2.33. The van der Waals surface area contributed by atoms with Gasteiger partial charge in [-0.15, -0.1) is 0 Å². The zero-order valence-electron chi connectivity index (χ0n) is 18.4. The predicted octanol–water partition coefficient (Wildman–Crippen LogP) is 5.22. The standard InChI is InChI=1S/C27H26FN3O2/c28-20-9-6-12-22(17-20)31(25(32)16-19-8-7-15-29-18-19)26-23-13-4-5-14-24(23)30(27(26)33)21-10-2-1-3-11-21/h4-9,12-15,17-18,21,26H,1-3,10-11,16H2. The molecule has 2 aromatic carbocycles. The number of aromatic nitrogens is 1. The Morgan fingerprint density at radius 1 is 1.03 bits per heavy atom. The Balaban J connectivity index is 1.58. The van der Waals surface area contributed by atoms with Crippen LogP contribution >= 0.6 is 0 Å². The number of hydrogen-bond donors (Lipinski definition) is 0. The number of carbonyl (C=O) groups excluding carboxylic acids is 2. The largest absolute Gasteiger partial charge is 0.307 e. The van der Waals surface area contributed by atoms with E-state index in [1.165, 1.54) is 23.5 Å². The number of benzene rings is 2. The normalized spacial score (nSPS) is 18.3. The van der Waals surface area contributed by atoms with Crippen LogP contribution in [0, 0.1) is 5.82 Å². The molecule has 5 rings (SSSR count). The second-order valence-electron chi connectivity index (χ2n) is 8.74. The highest BCUT2D eigenvalue weighted by molar-refractivity contribution is 6.12. The molecule has 168 valence electrons. The van der Waals surface area contributed by atoms with E-state index in [-0.39, 0.29) is 24.3 Å². The minimum Gasteiger partial charge on any atom is -0.307 e. The molecular formula is C27H26FN3O2. The highest BCUT2D eigenvalue weighted by Crippen LogP contribution is 2.44. The summed E-state index contributed by atoms with van der Waals surface area (Å²) in [6.07, 6.45) is 8.64. The van der Waals surface area contributed by atoms with Crippen LogP contribution in [0.4, 0.5) is 15.8 Å². The lowest BCUT2D eigenvalue weighted by atomic mass is 9.94. The first-order chi connectivity index (χ1) is 16.1. The van der Waals surface area contributed by atoms with Gasteiger partial charge >= 0.3 is 0 Å². The Kier molecular flexibility index (Phi) is 5.90. The minimum atomic E-state index is -0.825. The Morgan fingerprint density at radius 2 is 1.85 bits per heavy atom. The fourth-order valence-corrected chi connectivity index (χ4v) is 5.11. The highest BCUT2D eigenvalue weighted by Gasteiger charge is 2.45. The van der Waals surface area contributed by atoms with E-state index in [9.17, 15) is 14.0 Å². The van der Waals surface area contributed by atoms with E-state index in [2.05, 4.69) is 4.98 Å². The van der Waals surface area contributed by atoms with Crippen molar-refractivity contribution in [2.75, 3.05) is 9.80 Å². The number of amides is 2. The van der Waals surface area contributed by atoms with Crippen LogP contribution in [0.1, 0.15) is 49.3 Å². The lowest BCUT2D eigenvalue weighted by Crippen LogP contribution is -2.45. The smallest absolute Gasteiger partial charge is 0.255 e. The zero-order chi connectivity index (χ0) is 22.8. The number of carbonyl (C=O) groups is 2. The maximum absolute atomic E-state index is 14.2. The minimum absolute atomic E-state index is 0.0692. The van der Waals surface area contributed by atoms with Crippen LogP contribution in [-0.4, -0.2) is 22.8 Å². The fourth-order valence-electron chi connectivity index (χ4n) is 5.11. The molecule has 1 atom stereocenters. The number of halogens is 1. The van der Waals surface area contributed by atoms with Gasteiger partial charge in [0.15, 0.2) is 0 Å². The fraction of sp³-hybridized carbons (Fsp3) is 0.296. The van der Waals surface area contributed by atoms with Crippen molar-refractivity contribution < 1.29 is 14.0 Å². The van der Waals surface area contributed by atoms with Crippen molar-refractivity contribution in [3.63, 3.8) is 0 Å². The molecule has 3 aromatic rings. The highest BCUT2D eigenvalue weighted by atomic mass is 19.1. The van der Waals surface area contributed by atoms with E-state index >= 15 is 0 Å². The number of anilines is 2. The van der Waals surface area contributed by atoms with Gasteiger partial charge in [0.25, 0.3) is 5.91 Å². The summed E-state index contributed by atoms with van der Waals surface area (Å²) >= 11 is 0. The molecule has 2 amide bonds. The van der Waals surface area contributed by atoms with Crippen molar-refractivity contribution in [2.24, 2.45) is 0 Å². The van der Waals surface area contributed by atoms with E-state index in [1.807, 2.05) is 35.2 Å². The molecule has 1 fully saturated rings. The molecule has 6 heteroatoms. The van der Waals surface area contributed by atoms with Crippen molar-refractivity contribution in [1.82, 2.24) is 4.98 Å². The molecule has 0 N–H and O–H groups in total. The average Bonchev–Trinajstić information content (AvgIpc) is 3.12. The molecule has 1 aromatic heterocycles. The van der Waals surface area contributed by atoms with Crippen LogP contribution < -0.4 is 9.80 Å². The van der Waals surface area contributed by atoms with Crippen LogP contribution in [0.2, 0.25) is 0 Å². The number of nitrogens with zero attached hydrogens (tertiary/aromatic N) is 3. The average molecular weight is 444 g/mol. The van der Waals surface area contributed by atoms with Crippen LogP contribution in [0.15, 0.2) is 73.1 Å². The van der Waals surface area contributed by atoms with Gasteiger partial charge in [-0.2, -0.15) is 0 Å². The summed E-state index contributed by atoms with van der Waals surface area (Å²) in [6.45, 7) is 0. The molecule has 1 aliphatic carbocycles. The maximum atomic E-state index is 14.2. The third kappa shape index (κ3) is 4.13. The van der Waals surface area contributed by atoms with Gasteiger partial charge in [0, 0.05) is 35.4 Å². The second-order valence-corrected chi connectivity index (χ2v) is 8.74. The summed E-state index contributed by atoms with van der Waals surface area (Å²) in [6, 6.07) is 16.5. The zero-order valence-corrected chi connectivity index (χ0v) is 18.4. The molecule has 1 unspecified atom stereocenters. The Morgan fingerprint density at radius 3 is 2.61 bits per heavy atom. The maximum Gasteiger partial charge on any atom is 0.255 e. The van der Waals surface area contributed by atoms with Gasteiger partial charge in [-0.05, 0) is 48.7 Å². The monoisotopic (exact) mass is 443 g/mol.